The molecule has 450 valence electrons. The van der Waals surface area contributed by atoms with Crippen molar-refractivity contribution in [2.75, 3.05) is 6.61 Å². The molecule has 0 fully saturated rings. The van der Waals surface area contributed by atoms with E-state index in [0.717, 1.165) is 38.5 Å². The van der Waals surface area contributed by atoms with Gasteiger partial charge in [0.05, 0.1) is 18.8 Å². The van der Waals surface area contributed by atoms with Crippen LogP contribution in [-0.2, 0) is 4.79 Å². The van der Waals surface area contributed by atoms with Gasteiger partial charge in [0.1, 0.15) is 0 Å². The molecule has 1 amide bonds. The lowest BCUT2D eigenvalue weighted by molar-refractivity contribution is -0.123. The quantitative estimate of drug-likeness (QED) is 0.0420. The third-order valence-corrected chi connectivity index (χ3v) is 16.6. The van der Waals surface area contributed by atoms with Crippen molar-refractivity contribution >= 4 is 5.91 Å². The van der Waals surface area contributed by atoms with Crippen molar-refractivity contribution in [1.82, 2.24) is 5.32 Å². The molecule has 0 saturated carbocycles. The van der Waals surface area contributed by atoms with Crippen molar-refractivity contribution < 1.29 is 15.0 Å². The zero-order valence-corrected chi connectivity index (χ0v) is 52.1. The summed E-state index contributed by atoms with van der Waals surface area (Å²) in [7, 11) is 0. The van der Waals surface area contributed by atoms with Crippen molar-refractivity contribution in [2.45, 2.75) is 411 Å². The fraction of sp³-hybridized carbons (Fsp3) is 0.903. The second kappa shape index (κ2) is 67.9. The second-order valence-corrected chi connectivity index (χ2v) is 24.3. The van der Waals surface area contributed by atoms with Gasteiger partial charge < -0.3 is 15.5 Å². The van der Waals surface area contributed by atoms with Gasteiger partial charge in [-0.3, -0.25) is 4.79 Å². The van der Waals surface area contributed by atoms with E-state index in [9.17, 15) is 15.0 Å². The Bertz CT molecular complexity index is 1160. The molecule has 2 atom stereocenters. The molecule has 2 unspecified atom stereocenters. The highest BCUT2D eigenvalue weighted by Gasteiger charge is 2.18. The zero-order chi connectivity index (χ0) is 54.8. The van der Waals surface area contributed by atoms with Crippen LogP contribution in [0.1, 0.15) is 399 Å². The zero-order valence-electron chi connectivity index (χ0n) is 52.1. The summed E-state index contributed by atoms with van der Waals surface area (Å²) in [5.41, 5.74) is 0. The molecule has 76 heavy (non-hydrogen) atoms. The number of carbonyl (C=O) groups is 1. The molecule has 0 rings (SSSR count). The number of hydrogen-bond donors (Lipinski definition) is 3. The maximum atomic E-state index is 12.5. The van der Waals surface area contributed by atoms with Crippen LogP contribution in [-0.4, -0.2) is 34.9 Å². The molecule has 0 aromatic heterocycles. The fourth-order valence-electron chi connectivity index (χ4n) is 11.3. The highest BCUT2D eigenvalue weighted by atomic mass is 16.3. The lowest BCUT2D eigenvalue weighted by Gasteiger charge is -2.19. The molecule has 0 bridgehead atoms. The van der Waals surface area contributed by atoms with Gasteiger partial charge >= 0.3 is 0 Å². The first-order chi connectivity index (χ1) is 37.7. The Hall–Kier alpha value is -1.39. The Kier molecular flexibility index (Phi) is 66.6. The predicted octanol–water partition coefficient (Wildman–Crippen LogP) is 23.9. The number of hydrogen-bond acceptors (Lipinski definition) is 3. The van der Waals surface area contributed by atoms with Gasteiger partial charge in [-0.2, -0.15) is 0 Å². The highest BCUT2D eigenvalue weighted by molar-refractivity contribution is 5.76. The molecular formula is C72H139NO3. The Labute approximate surface area is 478 Å². The summed E-state index contributed by atoms with van der Waals surface area (Å²) in [6.07, 6.45) is 93.9. The normalized spacial score (nSPS) is 12.8. The summed E-state index contributed by atoms with van der Waals surface area (Å²) in [5.74, 6) is -0.0694. The number of rotatable bonds is 66. The molecule has 0 aliphatic rings. The fourth-order valence-corrected chi connectivity index (χ4v) is 11.3. The summed E-state index contributed by atoms with van der Waals surface area (Å²) < 4.78 is 0. The highest BCUT2D eigenvalue weighted by Crippen LogP contribution is 2.19. The minimum absolute atomic E-state index is 0.0694. The first-order valence-corrected chi connectivity index (χ1v) is 35.2. The minimum atomic E-state index is -0.870. The Morgan fingerprint density at radius 3 is 0.763 bits per heavy atom. The number of allylic oxidation sites excluding steroid dienone is 5. The lowest BCUT2D eigenvalue weighted by atomic mass is 10.0. The maximum Gasteiger partial charge on any atom is 0.220 e. The van der Waals surface area contributed by atoms with Crippen LogP contribution in [0.25, 0.3) is 0 Å². The van der Waals surface area contributed by atoms with Gasteiger partial charge in [0, 0.05) is 6.42 Å². The number of aliphatic hydroxyl groups excluding tert-OH is 2. The monoisotopic (exact) mass is 1070 g/mol. The maximum absolute atomic E-state index is 12.5. The van der Waals surface area contributed by atoms with E-state index in [4.69, 9.17) is 0 Å². The molecule has 0 aromatic carbocycles. The third kappa shape index (κ3) is 63.4. The molecule has 0 aliphatic carbocycles. The van der Waals surface area contributed by atoms with E-state index in [1.165, 1.54) is 340 Å². The summed E-state index contributed by atoms with van der Waals surface area (Å²) in [4.78, 5) is 12.5. The van der Waals surface area contributed by atoms with E-state index in [0.29, 0.717) is 6.42 Å². The molecule has 0 saturated heterocycles. The van der Waals surface area contributed by atoms with Crippen molar-refractivity contribution in [3.05, 3.63) is 36.5 Å². The topological polar surface area (TPSA) is 69.6 Å². The van der Waals surface area contributed by atoms with E-state index in [1.807, 2.05) is 6.08 Å². The lowest BCUT2D eigenvalue weighted by Crippen LogP contribution is -2.45. The average molecular weight is 1070 g/mol. The standard InChI is InChI=1S/C72H139NO3/c1-3-5-7-9-11-13-15-17-19-21-23-25-27-29-31-32-33-34-35-36-37-38-39-40-42-44-46-48-50-52-54-56-58-60-62-64-66-68-72(76)73-70(69-74)71(75)67-65-63-61-59-57-55-53-51-49-47-45-43-41-30-28-26-24-22-20-18-16-14-12-10-8-6-4-2/h49,51,57,59,65,67,70-71,74-75H,3-48,50,52-56,58,60-64,66,68-69H2,1-2H3,(H,73,76)/b51-49+,59-57+,67-65+. The van der Waals surface area contributed by atoms with E-state index < -0.39 is 12.1 Å². The van der Waals surface area contributed by atoms with E-state index in [1.54, 1.807) is 6.08 Å². The van der Waals surface area contributed by atoms with Crippen LogP contribution in [0.2, 0.25) is 0 Å². The molecule has 4 nitrogen and oxygen atoms in total. The van der Waals surface area contributed by atoms with Crippen molar-refractivity contribution in [2.24, 2.45) is 0 Å². The van der Waals surface area contributed by atoms with Crippen molar-refractivity contribution in [3.63, 3.8) is 0 Å². The van der Waals surface area contributed by atoms with Crippen LogP contribution in [0, 0.1) is 0 Å². The van der Waals surface area contributed by atoms with Crippen LogP contribution in [0.5, 0.6) is 0 Å². The summed E-state index contributed by atoms with van der Waals surface area (Å²) in [5, 5.41) is 23.2. The van der Waals surface area contributed by atoms with Crippen molar-refractivity contribution in [1.29, 1.82) is 0 Å². The smallest absolute Gasteiger partial charge is 0.220 e. The van der Waals surface area contributed by atoms with Gasteiger partial charge in [-0.05, 0) is 44.9 Å². The molecule has 0 heterocycles. The number of amides is 1. The number of aliphatic hydroxyl groups is 2. The first kappa shape index (κ1) is 74.6. The van der Waals surface area contributed by atoms with E-state index in [-0.39, 0.29) is 12.5 Å². The van der Waals surface area contributed by atoms with Crippen LogP contribution in [0.15, 0.2) is 36.5 Å². The number of unbranched alkanes of at least 4 members (excludes halogenated alkanes) is 55. The molecule has 4 heteroatoms. The first-order valence-electron chi connectivity index (χ1n) is 35.2. The third-order valence-electron chi connectivity index (χ3n) is 16.6. The van der Waals surface area contributed by atoms with Gasteiger partial charge in [-0.25, -0.2) is 0 Å². The molecule has 3 N–H and O–H groups in total. The van der Waals surface area contributed by atoms with Crippen LogP contribution in [0.3, 0.4) is 0 Å². The van der Waals surface area contributed by atoms with Gasteiger partial charge in [-0.1, -0.05) is 384 Å². The molecule has 0 aromatic rings. The molecule has 0 radical (unpaired) electrons. The molecular weight excluding hydrogens is 927 g/mol. The minimum Gasteiger partial charge on any atom is -0.394 e. The summed E-state index contributed by atoms with van der Waals surface area (Å²) >= 11 is 0. The largest absolute Gasteiger partial charge is 0.394 e. The van der Waals surface area contributed by atoms with Crippen molar-refractivity contribution in [3.8, 4) is 0 Å². The number of carbonyl (C=O) groups excluding carboxylic acids is 1. The van der Waals surface area contributed by atoms with Crippen LogP contribution < -0.4 is 5.32 Å². The van der Waals surface area contributed by atoms with E-state index >= 15 is 0 Å². The van der Waals surface area contributed by atoms with Gasteiger partial charge in [0.2, 0.25) is 5.91 Å². The van der Waals surface area contributed by atoms with Crippen LogP contribution >= 0.6 is 0 Å². The predicted molar refractivity (Wildman–Crippen MR) is 341 cm³/mol. The molecule has 0 aliphatic heterocycles. The number of nitrogens with one attached hydrogen (secondary N) is 1. The Morgan fingerprint density at radius 1 is 0.303 bits per heavy atom. The summed E-state index contributed by atoms with van der Waals surface area (Å²) in [6.45, 7) is 4.34. The Balaban J connectivity index is 3.44. The van der Waals surface area contributed by atoms with Crippen LogP contribution in [0.4, 0.5) is 0 Å². The SMILES string of the molecule is CCCCCCCCCCCCCCCCCCC/C=C/CC/C=C/CC/C=C/C(O)C(CO)NC(=O)CCCCCCCCCCCCCCCCCCCCCCCCCCCCCCCCCCCCCCC. The average Bonchev–Trinajstić information content (AvgIpc) is 3.42. The second-order valence-electron chi connectivity index (χ2n) is 24.3. The van der Waals surface area contributed by atoms with Gasteiger partial charge in [-0.15, -0.1) is 0 Å². The van der Waals surface area contributed by atoms with Gasteiger partial charge in [0.15, 0.2) is 0 Å². The Morgan fingerprint density at radius 2 is 0.513 bits per heavy atom. The molecule has 0 spiro atoms. The summed E-state index contributed by atoms with van der Waals surface area (Å²) in [6, 6.07) is -0.645. The van der Waals surface area contributed by atoms with Gasteiger partial charge in [0.25, 0.3) is 0 Å². The van der Waals surface area contributed by atoms with E-state index in [2.05, 4.69) is 43.5 Å².